The van der Waals surface area contributed by atoms with Gasteiger partial charge in [0.25, 0.3) is 5.56 Å². The summed E-state index contributed by atoms with van der Waals surface area (Å²) in [7, 11) is 0. The zero-order valence-corrected chi connectivity index (χ0v) is 15.9. The lowest BCUT2D eigenvalue weighted by molar-refractivity contribution is 0.623. The lowest BCUT2D eigenvalue weighted by Crippen LogP contribution is -2.39. The van der Waals surface area contributed by atoms with Crippen LogP contribution in [-0.4, -0.2) is 18.7 Å². The number of aromatic nitrogens is 4. The maximum absolute atomic E-state index is 13.6. The Bertz CT molecular complexity index is 1330. The predicted molar refractivity (Wildman–Crippen MR) is 110 cm³/mol. The third kappa shape index (κ3) is 3.31. The molecule has 0 saturated heterocycles. The first kappa shape index (κ1) is 18.6. The fourth-order valence-corrected chi connectivity index (χ4v) is 3.35. The summed E-state index contributed by atoms with van der Waals surface area (Å²) < 4.78 is 17.8. The summed E-state index contributed by atoms with van der Waals surface area (Å²) in [6, 6.07) is 13.6. The molecule has 4 aromatic rings. The molecule has 7 heteroatoms. The fourth-order valence-electron chi connectivity index (χ4n) is 3.35. The van der Waals surface area contributed by atoms with Crippen LogP contribution in [0.4, 0.5) is 4.39 Å². The number of hydrogen-bond donors (Lipinski definition) is 0. The van der Waals surface area contributed by atoms with E-state index in [0.717, 1.165) is 10.1 Å². The Morgan fingerprint density at radius 2 is 1.90 bits per heavy atom. The van der Waals surface area contributed by atoms with Gasteiger partial charge in [-0.25, -0.2) is 18.7 Å². The molecule has 2 aromatic heterocycles. The third-order valence-electron chi connectivity index (χ3n) is 4.75. The molecule has 0 bridgehead atoms. The van der Waals surface area contributed by atoms with Crippen molar-refractivity contribution in [3.8, 4) is 5.69 Å². The van der Waals surface area contributed by atoms with Gasteiger partial charge >= 0.3 is 5.69 Å². The van der Waals surface area contributed by atoms with E-state index >= 15 is 0 Å². The molecule has 0 aliphatic carbocycles. The number of benzene rings is 2. The van der Waals surface area contributed by atoms with Crippen LogP contribution in [-0.2, 0) is 13.1 Å². The Hall–Kier alpha value is -3.74. The van der Waals surface area contributed by atoms with Gasteiger partial charge in [-0.1, -0.05) is 35.9 Å². The Balaban J connectivity index is 1.99. The molecule has 2 aromatic carbocycles. The van der Waals surface area contributed by atoms with Crippen molar-refractivity contribution < 1.29 is 4.39 Å². The summed E-state index contributed by atoms with van der Waals surface area (Å²) in [6.45, 7) is 5.93. The van der Waals surface area contributed by atoms with Crippen molar-refractivity contribution in [2.24, 2.45) is 0 Å². The van der Waals surface area contributed by atoms with E-state index in [1.54, 1.807) is 16.7 Å². The second-order valence-corrected chi connectivity index (χ2v) is 6.83. The predicted octanol–water partition coefficient (Wildman–Crippen LogP) is 3.03. The van der Waals surface area contributed by atoms with Crippen LogP contribution in [0.2, 0.25) is 0 Å². The van der Waals surface area contributed by atoms with Crippen LogP contribution in [0.5, 0.6) is 0 Å². The van der Waals surface area contributed by atoms with Crippen LogP contribution in [0.3, 0.4) is 0 Å². The van der Waals surface area contributed by atoms with E-state index in [9.17, 15) is 14.0 Å². The maximum atomic E-state index is 13.6. The van der Waals surface area contributed by atoms with Gasteiger partial charge in [0.15, 0.2) is 11.2 Å². The molecule has 6 nitrogen and oxygen atoms in total. The number of allylic oxidation sites excluding steroid dienone is 1. The Morgan fingerprint density at radius 1 is 1.14 bits per heavy atom. The normalized spacial score (nSPS) is 11.1. The minimum absolute atomic E-state index is 0.0740. The SMILES string of the molecule is C=CCn1c(=O)c2c(ncn2Cc2cccc(F)c2)n(-c2ccc(C)cc2)c1=O. The molecular formula is C22H19FN4O2. The van der Waals surface area contributed by atoms with Crippen molar-refractivity contribution in [2.45, 2.75) is 20.0 Å². The molecule has 0 aliphatic heterocycles. The number of nitrogens with zero attached hydrogens (tertiary/aromatic N) is 4. The third-order valence-corrected chi connectivity index (χ3v) is 4.75. The average molecular weight is 390 g/mol. The number of rotatable bonds is 5. The molecule has 0 unspecified atom stereocenters. The van der Waals surface area contributed by atoms with Crippen LogP contribution >= 0.6 is 0 Å². The molecule has 0 amide bonds. The molecule has 0 spiro atoms. The van der Waals surface area contributed by atoms with Gasteiger partial charge in [0.2, 0.25) is 0 Å². The quantitative estimate of drug-likeness (QED) is 0.492. The molecule has 0 aliphatic rings. The first-order valence-corrected chi connectivity index (χ1v) is 9.12. The summed E-state index contributed by atoms with van der Waals surface area (Å²) in [6.07, 6.45) is 3.00. The summed E-state index contributed by atoms with van der Waals surface area (Å²) in [5, 5.41) is 0. The van der Waals surface area contributed by atoms with E-state index in [4.69, 9.17) is 0 Å². The lowest BCUT2D eigenvalue weighted by Gasteiger charge is -2.12. The molecule has 0 atom stereocenters. The summed E-state index contributed by atoms with van der Waals surface area (Å²) in [5.74, 6) is -0.354. The lowest BCUT2D eigenvalue weighted by atomic mass is 10.2. The fraction of sp³-hybridized carbons (Fsp3) is 0.136. The smallest absolute Gasteiger partial charge is 0.320 e. The van der Waals surface area contributed by atoms with Gasteiger partial charge in [-0.05, 0) is 36.8 Å². The molecule has 146 valence electrons. The number of fused-ring (bicyclic) bond motifs is 1. The molecule has 0 radical (unpaired) electrons. The highest BCUT2D eigenvalue weighted by atomic mass is 19.1. The number of aryl methyl sites for hydroxylation is 1. The average Bonchev–Trinajstić information content (AvgIpc) is 3.10. The highest BCUT2D eigenvalue weighted by Crippen LogP contribution is 2.15. The summed E-state index contributed by atoms with van der Waals surface area (Å²) in [4.78, 5) is 30.5. The van der Waals surface area contributed by atoms with Gasteiger partial charge in [-0.3, -0.25) is 9.36 Å². The van der Waals surface area contributed by atoms with Crippen LogP contribution in [0, 0.1) is 12.7 Å². The van der Waals surface area contributed by atoms with Crippen molar-refractivity contribution in [1.29, 1.82) is 0 Å². The number of hydrogen-bond acceptors (Lipinski definition) is 3. The first-order chi connectivity index (χ1) is 14.0. The monoisotopic (exact) mass is 390 g/mol. The van der Waals surface area contributed by atoms with Crippen LogP contribution < -0.4 is 11.2 Å². The van der Waals surface area contributed by atoms with Crippen molar-refractivity contribution in [2.75, 3.05) is 0 Å². The van der Waals surface area contributed by atoms with Crippen molar-refractivity contribution in [1.82, 2.24) is 18.7 Å². The Morgan fingerprint density at radius 3 is 2.59 bits per heavy atom. The van der Waals surface area contributed by atoms with E-state index in [1.807, 2.05) is 31.2 Å². The van der Waals surface area contributed by atoms with Gasteiger partial charge in [-0.2, -0.15) is 0 Å². The zero-order valence-electron chi connectivity index (χ0n) is 15.9. The number of imidazole rings is 1. The Kier molecular flexibility index (Phi) is 4.72. The molecule has 29 heavy (non-hydrogen) atoms. The van der Waals surface area contributed by atoms with Gasteiger partial charge in [0.1, 0.15) is 5.82 Å². The highest BCUT2D eigenvalue weighted by molar-refractivity contribution is 5.72. The second-order valence-electron chi connectivity index (χ2n) is 6.83. The van der Waals surface area contributed by atoms with Crippen molar-refractivity contribution in [3.05, 3.63) is 105 Å². The first-order valence-electron chi connectivity index (χ1n) is 9.12. The second kappa shape index (κ2) is 7.35. The van der Waals surface area contributed by atoms with E-state index in [2.05, 4.69) is 11.6 Å². The van der Waals surface area contributed by atoms with Crippen molar-refractivity contribution >= 4 is 11.2 Å². The molecule has 2 heterocycles. The van der Waals surface area contributed by atoms with E-state index in [0.29, 0.717) is 11.3 Å². The summed E-state index contributed by atoms with van der Waals surface area (Å²) in [5.41, 5.74) is 1.95. The van der Waals surface area contributed by atoms with E-state index in [-0.39, 0.29) is 30.1 Å². The molecule has 0 saturated carbocycles. The molecule has 0 N–H and O–H groups in total. The molecular weight excluding hydrogens is 371 g/mol. The van der Waals surface area contributed by atoms with Crippen molar-refractivity contribution in [3.63, 3.8) is 0 Å². The summed E-state index contributed by atoms with van der Waals surface area (Å²) >= 11 is 0. The minimum Gasteiger partial charge on any atom is -0.320 e. The van der Waals surface area contributed by atoms with Gasteiger partial charge in [-0.15, -0.1) is 6.58 Å². The van der Waals surface area contributed by atoms with Gasteiger partial charge in [0, 0.05) is 13.1 Å². The van der Waals surface area contributed by atoms with Gasteiger partial charge in [0.05, 0.1) is 12.0 Å². The maximum Gasteiger partial charge on any atom is 0.337 e. The molecule has 4 rings (SSSR count). The van der Waals surface area contributed by atoms with E-state index < -0.39 is 11.2 Å². The topological polar surface area (TPSA) is 61.8 Å². The van der Waals surface area contributed by atoms with Crippen LogP contribution in [0.25, 0.3) is 16.9 Å². The standard InChI is InChI=1S/C22H19FN4O2/c1-3-11-26-21(28)19-20(27(22(26)29)18-9-7-15(2)8-10-18)24-14-25(19)13-16-5-4-6-17(23)12-16/h3-10,12,14H,1,11,13H2,2H3. The van der Waals surface area contributed by atoms with E-state index in [1.165, 1.54) is 29.1 Å². The minimum atomic E-state index is -0.484. The zero-order chi connectivity index (χ0) is 20.5. The highest BCUT2D eigenvalue weighted by Gasteiger charge is 2.19. The number of halogens is 1. The Labute approximate surface area is 165 Å². The largest absolute Gasteiger partial charge is 0.337 e. The molecule has 0 fully saturated rings. The van der Waals surface area contributed by atoms with Crippen LogP contribution in [0.1, 0.15) is 11.1 Å². The van der Waals surface area contributed by atoms with Crippen LogP contribution in [0.15, 0.2) is 77.1 Å². The van der Waals surface area contributed by atoms with Gasteiger partial charge < -0.3 is 4.57 Å².